The van der Waals surface area contributed by atoms with Gasteiger partial charge in [-0.05, 0) is 37.1 Å². The van der Waals surface area contributed by atoms with Crippen LogP contribution in [-0.4, -0.2) is 12.6 Å². The highest BCUT2D eigenvalue weighted by molar-refractivity contribution is 9.10. The summed E-state index contributed by atoms with van der Waals surface area (Å²) in [6.07, 6.45) is 0. The van der Waals surface area contributed by atoms with Crippen molar-refractivity contribution in [1.29, 1.82) is 0 Å². The fourth-order valence-electron chi connectivity index (χ4n) is 1.64. The van der Waals surface area contributed by atoms with Crippen LogP contribution in [0.4, 0.5) is 0 Å². The molecule has 0 aliphatic heterocycles. The van der Waals surface area contributed by atoms with Crippen molar-refractivity contribution in [2.24, 2.45) is 0 Å². The van der Waals surface area contributed by atoms with Crippen LogP contribution in [0.15, 0.2) is 22.7 Å². The molecule has 1 aromatic carbocycles. The summed E-state index contributed by atoms with van der Waals surface area (Å²) in [5, 5.41) is 4.25. The summed E-state index contributed by atoms with van der Waals surface area (Å²) in [4.78, 5) is 0. The summed E-state index contributed by atoms with van der Waals surface area (Å²) >= 11 is 9.62. The lowest BCUT2D eigenvalue weighted by Gasteiger charge is -2.22. The molecule has 0 saturated carbocycles. The molecule has 0 aromatic heterocycles. The van der Waals surface area contributed by atoms with Crippen molar-refractivity contribution in [2.75, 3.05) is 6.54 Å². The van der Waals surface area contributed by atoms with E-state index < -0.39 is 0 Å². The highest BCUT2D eigenvalue weighted by Gasteiger charge is 2.15. The molecule has 0 fully saturated rings. The van der Waals surface area contributed by atoms with E-state index in [2.05, 4.69) is 48.1 Å². The Morgan fingerprint density at radius 2 is 2.07 bits per heavy atom. The first kappa shape index (κ1) is 13.0. The summed E-state index contributed by atoms with van der Waals surface area (Å²) in [7, 11) is 0. The summed E-state index contributed by atoms with van der Waals surface area (Å²) in [5.74, 6) is 0.422. The molecule has 84 valence electrons. The Morgan fingerprint density at radius 3 is 2.60 bits per heavy atom. The normalized spacial score (nSPS) is 15.0. The number of hydrogen-bond donors (Lipinski definition) is 1. The van der Waals surface area contributed by atoms with Crippen LogP contribution in [0.2, 0.25) is 5.02 Å². The predicted molar refractivity (Wildman–Crippen MR) is 70.7 cm³/mol. The van der Waals surface area contributed by atoms with Crippen molar-refractivity contribution in [2.45, 2.75) is 32.7 Å². The van der Waals surface area contributed by atoms with Gasteiger partial charge in [-0.15, -0.1) is 0 Å². The number of rotatable bonds is 4. The van der Waals surface area contributed by atoms with Crippen molar-refractivity contribution < 1.29 is 0 Å². The van der Waals surface area contributed by atoms with Crippen molar-refractivity contribution >= 4 is 27.5 Å². The Balaban J connectivity index is 2.86. The zero-order chi connectivity index (χ0) is 11.4. The van der Waals surface area contributed by atoms with Gasteiger partial charge in [-0.25, -0.2) is 0 Å². The topological polar surface area (TPSA) is 12.0 Å². The quantitative estimate of drug-likeness (QED) is 0.876. The molecule has 2 unspecified atom stereocenters. The second-order valence-electron chi connectivity index (χ2n) is 3.80. The van der Waals surface area contributed by atoms with Gasteiger partial charge in [0.25, 0.3) is 0 Å². The molecule has 0 aliphatic carbocycles. The molecule has 2 atom stereocenters. The monoisotopic (exact) mass is 289 g/mol. The van der Waals surface area contributed by atoms with Gasteiger partial charge < -0.3 is 5.32 Å². The molecule has 3 heteroatoms. The maximum atomic E-state index is 6.21. The van der Waals surface area contributed by atoms with Gasteiger partial charge in [-0.1, -0.05) is 47.4 Å². The van der Waals surface area contributed by atoms with Crippen molar-refractivity contribution in [1.82, 2.24) is 5.32 Å². The zero-order valence-electron chi connectivity index (χ0n) is 9.35. The number of benzene rings is 1. The Labute approximate surface area is 105 Å². The van der Waals surface area contributed by atoms with Crippen LogP contribution >= 0.6 is 27.5 Å². The Bertz CT molecular complexity index is 327. The highest BCUT2D eigenvalue weighted by atomic mass is 79.9. The number of hydrogen-bond acceptors (Lipinski definition) is 1. The average Bonchev–Trinajstić information content (AvgIpc) is 2.17. The predicted octanol–water partition coefficient (Wildman–Crippen LogP) is 4.20. The molecule has 0 saturated heterocycles. The first-order chi connectivity index (χ1) is 7.06. The van der Waals surface area contributed by atoms with Crippen molar-refractivity contribution in [3.05, 3.63) is 33.3 Å². The SMILES string of the molecule is CCNC(C)C(C)c1ccc(Br)cc1Cl. The van der Waals surface area contributed by atoms with E-state index in [0.717, 1.165) is 16.0 Å². The third kappa shape index (κ3) is 3.47. The highest BCUT2D eigenvalue weighted by Crippen LogP contribution is 2.29. The third-order valence-electron chi connectivity index (χ3n) is 2.73. The molecule has 0 heterocycles. The maximum Gasteiger partial charge on any atom is 0.0452 e. The van der Waals surface area contributed by atoms with Crippen molar-refractivity contribution in [3.8, 4) is 0 Å². The fraction of sp³-hybridized carbons (Fsp3) is 0.500. The molecule has 1 aromatic rings. The smallest absolute Gasteiger partial charge is 0.0452 e. The molecule has 15 heavy (non-hydrogen) atoms. The average molecular weight is 291 g/mol. The lowest BCUT2D eigenvalue weighted by atomic mass is 9.94. The summed E-state index contributed by atoms with van der Waals surface area (Å²) in [6, 6.07) is 6.52. The summed E-state index contributed by atoms with van der Waals surface area (Å²) < 4.78 is 1.03. The number of halogens is 2. The Hall–Kier alpha value is -0.0500. The van der Waals surface area contributed by atoms with E-state index in [9.17, 15) is 0 Å². The second-order valence-corrected chi connectivity index (χ2v) is 5.12. The van der Waals surface area contributed by atoms with E-state index in [4.69, 9.17) is 11.6 Å². The van der Waals surface area contributed by atoms with Crippen LogP contribution in [0.25, 0.3) is 0 Å². The lowest BCUT2D eigenvalue weighted by Crippen LogP contribution is -2.30. The zero-order valence-corrected chi connectivity index (χ0v) is 11.7. The van der Waals surface area contributed by atoms with Crippen molar-refractivity contribution in [3.63, 3.8) is 0 Å². The summed E-state index contributed by atoms with van der Waals surface area (Å²) in [5.41, 5.74) is 1.20. The molecular formula is C12H17BrClN. The molecule has 0 bridgehead atoms. The standard InChI is InChI=1S/C12H17BrClN/c1-4-15-9(3)8(2)11-6-5-10(13)7-12(11)14/h5-9,15H,4H2,1-3H3. The molecule has 1 rings (SSSR count). The minimum Gasteiger partial charge on any atom is -0.314 e. The summed E-state index contributed by atoms with van der Waals surface area (Å²) in [6.45, 7) is 7.49. The van der Waals surface area contributed by atoms with E-state index >= 15 is 0 Å². The van der Waals surface area contributed by atoms with Crippen LogP contribution in [0.1, 0.15) is 32.3 Å². The van der Waals surface area contributed by atoms with E-state index in [-0.39, 0.29) is 0 Å². The number of likely N-dealkylation sites (N-methyl/N-ethyl adjacent to an activating group) is 1. The number of nitrogens with one attached hydrogen (secondary N) is 1. The van der Waals surface area contributed by atoms with Gasteiger partial charge in [-0.2, -0.15) is 0 Å². The largest absolute Gasteiger partial charge is 0.314 e. The van der Waals surface area contributed by atoms with Gasteiger partial charge in [0.05, 0.1) is 0 Å². The first-order valence-corrected chi connectivity index (χ1v) is 6.41. The van der Waals surface area contributed by atoms with Gasteiger partial charge in [0.15, 0.2) is 0 Å². The van der Waals surface area contributed by atoms with Gasteiger partial charge in [-0.3, -0.25) is 0 Å². The van der Waals surface area contributed by atoms with Gasteiger partial charge >= 0.3 is 0 Å². The van der Waals surface area contributed by atoms with Crippen LogP contribution in [0, 0.1) is 0 Å². The van der Waals surface area contributed by atoms with E-state index in [1.807, 2.05) is 12.1 Å². The molecule has 0 radical (unpaired) electrons. The third-order valence-corrected chi connectivity index (χ3v) is 3.55. The maximum absolute atomic E-state index is 6.21. The second kappa shape index (κ2) is 5.88. The molecule has 0 amide bonds. The lowest BCUT2D eigenvalue weighted by molar-refractivity contribution is 0.495. The Kier molecular flexibility index (Phi) is 5.10. The molecule has 1 N–H and O–H groups in total. The fourth-order valence-corrected chi connectivity index (χ4v) is 2.48. The first-order valence-electron chi connectivity index (χ1n) is 5.24. The van der Waals surface area contributed by atoms with E-state index in [0.29, 0.717) is 12.0 Å². The molecule has 1 nitrogen and oxygen atoms in total. The minimum absolute atomic E-state index is 0.422. The van der Waals surface area contributed by atoms with Gasteiger partial charge in [0.2, 0.25) is 0 Å². The van der Waals surface area contributed by atoms with Crippen LogP contribution in [-0.2, 0) is 0 Å². The van der Waals surface area contributed by atoms with Crippen LogP contribution < -0.4 is 5.32 Å². The molecule has 0 spiro atoms. The van der Waals surface area contributed by atoms with Crippen LogP contribution in [0.5, 0.6) is 0 Å². The van der Waals surface area contributed by atoms with E-state index in [1.54, 1.807) is 0 Å². The van der Waals surface area contributed by atoms with Crippen LogP contribution in [0.3, 0.4) is 0 Å². The Morgan fingerprint density at radius 1 is 1.40 bits per heavy atom. The van der Waals surface area contributed by atoms with Gasteiger partial charge in [0, 0.05) is 15.5 Å². The minimum atomic E-state index is 0.422. The molecule has 0 aliphatic rings. The van der Waals surface area contributed by atoms with Gasteiger partial charge in [0.1, 0.15) is 0 Å². The van der Waals surface area contributed by atoms with E-state index in [1.165, 1.54) is 5.56 Å². The molecular weight excluding hydrogens is 273 g/mol.